The second-order valence-electron chi connectivity index (χ2n) is 5.89. The molecular formula is C16H17N3O2. The SMILES string of the molecule is O=C(c1cnc[nH]1)N1C[C@@H]2COC[C@]2(c2ccccc2)C1. The van der Waals surface area contributed by atoms with E-state index in [0.29, 0.717) is 24.8 Å². The Labute approximate surface area is 122 Å². The lowest BCUT2D eigenvalue weighted by Crippen LogP contribution is -2.37. The number of imidazole rings is 1. The molecule has 1 aromatic heterocycles. The Bertz CT molecular complexity index is 641. The van der Waals surface area contributed by atoms with Crippen LogP contribution in [-0.4, -0.2) is 47.1 Å². The Kier molecular flexibility index (Phi) is 2.82. The van der Waals surface area contributed by atoms with Gasteiger partial charge in [0.1, 0.15) is 5.69 Å². The van der Waals surface area contributed by atoms with E-state index in [0.717, 1.165) is 13.2 Å². The van der Waals surface area contributed by atoms with E-state index in [1.54, 1.807) is 12.5 Å². The van der Waals surface area contributed by atoms with Gasteiger partial charge in [-0.25, -0.2) is 4.98 Å². The first-order valence-electron chi connectivity index (χ1n) is 7.20. The highest BCUT2D eigenvalue weighted by atomic mass is 16.5. The minimum absolute atomic E-state index is 0.0252. The highest BCUT2D eigenvalue weighted by Crippen LogP contribution is 2.43. The zero-order chi connectivity index (χ0) is 14.3. The number of amides is 1. The second kappa shape index (κ2) is 4.70. The van der Waals surface area contributed by atoms with Gasteiger partial charge in [-0.2, -0.15) is 0 Å². The third kappa shape index (κ3) is 1.88. The van der Waals surface area contributed by atoms with Crippen LogP contribution in [-0.2, 0) is 10.2 Å². The fraction of sp³-hybridized carbons (Fsp3) is 0.375. The van der Waals surface area contributed by atoms with Gasteiger partial charge in [0.25, 0.3) is 5.91 Å². The number of hydrogen-bond acceptors (Lipinski definition) is 3. The van der Waals surface area contributed by atoms with Gasteiger partial charge in [-0.1, -0.05) is 30.3 Å². The maximum atomic E-state index is 12.5. The molecule has 0 bridgehead atoms. The van der Waals surface area contributed by atoms with Crippen molar-refractivity contribution >= 4 is 5.91 Å². The lowest BCUT2D eigenvalue weighted by molar-refractivity contribution is 0.0739. The number of likely N-dealkylation sites (tertiary alicyclic amines) is 1. The molecule has 21 heavy (non-hydrogen) atoms. The smallest absolute Gasteiger partial charge is 0.271 e. The molecular weight excluding hydrogens is 266 g/mol. The number of carbonyl (C=O) groups excluding carboxylic acids is 1. The minimum atomic E-state index is -0.0586. The van der Waals surface area contributed by atoms with Crippen LogP contribution in [0.15, 0.2) is 42.9 Å². The van der Waals surface area contributed by atoms with Crippen molar-refractivity contribution in [2.45, 2.75) is 5.41 Å². The summed E-state index contributed by atoms with van der Waals surface area (Å²) in [5, 5.41) is 0. The van der Waals surface area contributed by atoms with Gasteiger partial charge in [-0.3, -0.25) is 4.79 Å². The van der Waals surface area contributed by atoms with Crippen molar-refractivity contribution in [1.82, 2.24) is 14.9 Å². The van der Waals surface area contributed by atoms with Crippen LogP contribution in [0.4, 0.5) is 0 Å². The monoisotopic (exact) mass is 283 g/mol. The van der Waals surface area contributed by atoms with Crippen molar-refractivity contribution < 1.29 is 9.53 Å². The fourth-order valence-electron chi connectivity index (χ4n) is 3.61. The normalized spacial score (nSPS) is 27.8. The third-order valence-electron chi connectivity index (χ3n) is 4.74. The molecule has 2 aliphatic heterocycles. The van der Waals surface area contributed by atoms with Crippen LogP contribution >= 0.6 is 0 Å². The number of fused-ring (bicyclic) bond motifs is 1. The summed E-state index contributed by atoms with van der Waals surface area (Å²) in [6, 6.07) is 10.4. The average Bonchev–Trinajstić information content (AvgIpc) is 3.23. The van der Waals surface area contributed by atoms with Crippen LogP contribution < -0.4 is 0 Å². The summed E-state index contributed by atoms with van der Waals surface area (Å²) in [5.74, 6) is 0.393. The second-order valence-corrected chi connectivity index (χ2v) is 5.89. The van der Waals surface area contributed by atoms with Gasteiger partial charge >= 0.3 is 0 Å². The lowest BCUT2D eigenvalue weighted by Gasteiger charge is -2.27. The molecule has 1 aromatic carbocycles. The van der Waals surface area contributed by atoms with Crippen molar-refractivity contribution in [2.24, 2.45) is 5.92 Å². The lowest BCUT2D eigenvalue weighted by atomic mass is 9.75. The molecule has 1 N–H and O–H groups in total. The molecule has 2 fully saturated rings. The van der Waals surface area contributed by atoms with Crippen LogP contribution in [0.2, 0.25) is 0 Å². The maximum Gasteiger partial charge on any atom is 0.271 e. The number of hydrogen-bond donors (Lipinski definition) is 1. The quantitative estimate of drug-likeness (QED) is 0.907. The summed E-state index contributed by atoms with van der Waals surface area (Å²) in [7, 11) is 0. The van der Waals surface area contributed by atoms with Crippen LogP contribution in [0.3, 0.4) is 0 Å². The number of H-pyrrole nitrogens is 1. The summed E-state index contributed by atoms with van der Waals surface area (Å²) in [6.07, 6.45) is 3.13. The van der Waals surface area contributed by atoms with Gasteiger partial charge in [-0.05, 0) is 5.56 Å². The molecule has 108 valence electrons. The molecule has 0 spiro atoms. The molecule has 2 saturated heterocycles. The first-order chi connectivity index (χ1) is 10.3. The highest BCUT2D eigenvalue weighted by Gasteiger charge is 2.52. The molecule has 0 unspecified atom stereocenters. The van der Waals surface area contributed by atoms with Gasteiger partial charge < -0.3 is 14.6 Å². The van der Waals surface area contributed by atoms with Crippen LogP contribution in [0, 0.1) is 5.92 Å². The van der Waals surface area contributed by atoms with Crippen molar-refractivity contribution in [3.05, 3.63) is 54.1 Å². The van der Waals surface area contributed by atoms with Gasteiger partial charge in [-0.15, -0.1) is 0 Å². The predicted octanol–water partition coefficient (Wildman–Crippen LogP) is 1.45. The summed E-state index contributed by atoms with van der Waals surface area (Å²) in [4.78, 5) is 21.3. The van der Waals surface area contributed by atoms with E-state index in [1.165, 1.54) is 5.56 Å². The molecule has 5 nitrogen and oxygen atoms in total. The number of aromatic amines is 1. The van der Waals surface area contributed by atoms with E-state index in [4.69, 9.17) is 4.74 Å². The van der Waals surface area contributed by atoms with Crippen molar-refractivity contribution in [3.63, 3.8) is 0 Å². The molecule has 2 aliphatic rings. The fourth-order valence-corrected chi connectivity index (χ4v) is 3.61. The molecule has 1 amide bonds. The first-order valence-corrected chi connectivity index (χ1v) is 7.20. The van der Waals surface area contributed by atoms with Crippen molar-refractivity contribution in [2.75, 3.05) is 26.3 Å². The summed E-state index contributed by atoms with van der Waals surface area (Å²) in [6.45, 7) is 2.86. The average molecular weight is 283 g/mol. The van der Waals surface area contributed by atoms with E-state index in [1.807, 2.05) is 11.0 Å². The number of aromatic nitrogens is 2. The van der Waals surface area contributed by atoms with E-state index in [2.05, 4.69) is 34.2 Å². The molecule has 2 aromatic rings. The number of nitrogens with one attached hydrogen (secondary N) is 1. The third-order valence-corrected chi connectivity index (χ3v) is 4.74. The van der Waals surface area contributed by atoms with Gasteiger partial charge in [0.2, 0.25) is 0 Å². The Morgan fingerprint density at radius 1 is 1.38 bits per heavy atom. The highest BCUT2D eigenvalue weighted by molar-refractivity contribution is 5.92. The molecule has 0 radical (unpaired) electrons. The number of carbonyl (C=O) groups is 1. The summed E-state index contributed by atoms with van der Waals surface area (Å²) in [5.41, 5.74) is 1.77. The topological polar surface area (TPSA) is 58.2 Å². The number of nitrogens with zero attached hydrogens (tertiary/aromatic N) is 2. The first kappa shape index (κ1) is 12.6. The molecule has 4 rings (SSSR count). The molecule has 2 atom stereocenters. The molecule has 0 aliphatic carbocycles. The largest absolute Gasteiger partial charge is 0.380 e. The number of ether oxygens (including phenoxy) is 1. The Morgan fingerprint density at radius 3 is 3.00 bits per heavy atom. The van der Waals surface area contributed by atoms with Crippen LogP contribution in [0.1, 0.15) is 16.1 Å². The Morgan fingerprint density at radius 2 is 2.24 bits per heavy atom. The van der Waals surface area contributed by atoms with Crippen molar-refractivity contribution in [1.29, 1.82) is 0 Å². The standard InChI is InChI=1S/C16H17N3O2/c20-15(14-6-17-11-18-14)19-7-13-8-21-10-16(13,9-19)12-4-2-1-3-5-12/h1-6,11,13H,7-10H2,(H,17,18)/t13-,16+/m1/s1. The number of rotatable bonds is 2. The Hall–Kier alpha value is -2.14. The van der Waals surface area contributed by atoms with Crippen LogP contribution in [0.5, 0.6) is 0 Å². The maximum absolute atomic E-state index is 12.5. The van der Waals surface area contributed by atoms with E-state index < -0.39 is 0 Å². The van der Waals surface area contributed by atoms with E-state index in [-0.39, 0.29) is 11.3 Å². The molecule has 0 saturated carbocycles. The van der Waals surface area contributed by atoms with E-state index in [9.17, 15) is 4.79 Å². The summed E-state index contributed by atoms with van der Waals surface area (Å²) < 4.78 is 5.73. The summed E-state index contributed by atoms with van der Waals surface area (Å²) >= 11 is 0. The zero-order valence-electron chi connectivity index (χ0n) is 11.7. The van der Waals surface area contributed by atoms with Gasteiger partial charge in [0.05, 0.1) is 25.7 Å². The van der Waals surface area contributed by atoms with Crippen LogP contribution in [0.25, 0.3) is 0 Å². The molecule has 5 heteroatoms. The molecule has 3 heterocycles. The van der Waals surface area contributed by atoms with E-state index >= 15 is 0 Å². The zero-order valence-corrected chi connectivity index (χ0v) is 11.7. The predicted molar refractivity (Wildman–Crippen MR) is 76.9 cm³/mol. The van der Waals surface area contributed by atoms with Crippen molar-refractivity contribution in [3.8, 4) is 0 Å². The Balaban J connectivity index is 1.65. The number of benzene rings is 1. The minimum Gasteiger partial charge on any atom is -0.380 e. The van der Waals surface area contributed by atoms with Gasteiger partial charge in [0.15, 0.2) is 0 Å². The van der Waals surface area contributed by atoms with Gasteiger partial charge in [0, 0.05) is 24.4 Å².